The molecule has 0 radical (unpaired) electrons. The number of carbonyl (C=O) groups is 3. The van der Waals surface area contributed by atoms with E-state index in [1.54, 1.807) is 30.3 Å². The highest BCUT2D eigenvalue weighted by Gasteiger charge is 2.42. The van der Waals surface area contributed by atoms with Gasteiger partial charge in [-0.25, -0.2) is 0 Å². The Morgan fingerprint density at radius 3 is 2.28 bits per heavy atom. The van der Waals surface area contributed by atoms with Gasteiger partial charge in [0, 0.05) is 48.3 Å². The molecule has 0 spiro atoms. The summed E-state index contributed by atoms with van der Waals surface area (Å²) in [7, 11) is 1.98. The van der Waals surface area contributed by atoms with Crippen LogP contribution in [-0.2, 0) is 14.4 Å². The minimum atomic E-state index is -0.374. The molecule has 0 aromatic heterocycles. The molecular weight excluding hydrogens is 544 g/mol. The van der Waals surface area contributed by atoms with Crippen LogP contribution in [-0.4, -0.2) is 36.0 Å². The maximum Gasteiger partial charge on any atom is 0.262 e. The molecule has 2 aliphatic carbocycles. The molecule has 0 saturated carbocycles. The first-order chi connectivity index (χ1) is 17.3. The first-order valence-electron chi connectivity index (χ1n) is 12.1. The Balaban J connectivity index is 1.41. The third-order valence-corrected chi connectivity index (χ3v) is 7.99. The van der Waals surface area contributed by atoms with Crippen LogP contribution in [0.4, 0.5) is 5.69 Å². The van der Waals surface area contributed by atoms with Gasteiger partial charge in [0.1, 0.15) is 5.75 Å². The molecule has 8 heteroatoms. The number of nitrogens with zero attached hydrogens (tertiary/aromatic N) is 1. The van der Waals surface area contributed by atoms with Crippen LogP contribution in [0.2, 0.25) is 5.02 Å². The zero-order valence-electron chi connectivity index (χ0n) is 19.9. The summed E-state index contributed by atoms with van der Waals surface area (Å²) in [5, 5.41) is 3.19. The van der Waals surface area contributed by atoms with Crippen LogP contribution in [0.5, 0.6) is 5.75 Å². The molecule has 1 amide bonds. The molecule has 3 aliphatic rings. The molecule has 0 unspecified atom stereocenters. The van der Waals surface area contributed by atoms with Gasteiger partial charge in [0.15, 0.2) is 18.2 Å². The van der Waals surface area contributed by atoms with Crippen molar-refractivity contribution in [3.63, 3.8) is 0 Å². The lowest BCUT2D eigenvalue weighted by molar-refractivity contribution is -0.118. The number of rotatable bonds is 5. The maximum atomic E-state index is 13.1. The molecule has 1 N–H and O–H groups in total. The third kappa shape index (κ3) is 4.62. The van der Waals surface area contributed by atoms with E-state index in [4.69, 9.17) is 16.3 Å². The van der Waals surface area contributed by atoms with Gasteiger partial charge in [-0.15, -0.1) is 0 Å². The van der Waals surface area contributed by atoms with Gasteiger partial charge in [-0.1, -0.05) is 29.8 Å². The second kappa shape index (κ2) is 10.2. The lowest BCUT2D eigenvalue weighted by atomic mass is 9.71. The Hall–Kier alpha value is -2.90. The first-order valence-corrected chi connectivity index (χ1v) is 13.2. The molecule has 0 fully saturated rings. The molecular formula is C28H26BrClN2O4. The molecule has 0 saturated heterocycles. The average molecular weight is 570 g/mol. The number of carbonyl (C=O) groups excluding carboxylic acids is 3. The van der Waals surface area contributed by atoms with Crippen LogP contribution in [0.25, 0.3) is 0 Å². The van der Waals surface area contributed by atoms with Crippen molar-refractivity contribution in [1.29, 1.82) is 0 Å². The Morgan fingerprint density at radius 2 is 1.67 bits per heavy atom. The number of allylic oxidation sites excluding steroid dienone is 4. The smallest absolute Gasteiger partial charge is 0.262 e. The van der Waals surface area contributed by atoms with Crippen LogP contribution < -0.4 is 10.1 Å². The monoisotopic (exact) mass is 568 g/mol. The Bertz CT molecular complexity index is 1290. The summed E-state index contributed by atoms with van der Waals surface area (Å²) in [5.41, 5.74) is 4.96. The van der Waals surface area contributed by atoms with E-state index in [0.29, 0.717) is 33.8 Å². The number of para-hydroxylation sites is 1. The fourth-order valence-corrected chi connectivity index (χ4v) is 6.09. The van der Waals surface area contributed by atoms with Crippen molar-refractivity contribution >= 4 is 50.7 Å². The SMILES string of the molecule is CN1C2=C(C(=O)CCC2)C(c2ccc(OCC(=O)Nc3ccccc3Cl)c(Br)c2)C2=C1CCCC2=O. The van der Waals surface area contributed by atoms with E-state index < -0.39 is 0 Å². The lowest BCUT2D eigenvalue weighted by Crippen LogP contribution is -2.37. The van der Waals surface area contributed by atoms with Gasteiger partial charge in [-0.2, -0.15) is 0 Å². The van der Waals surface area contributed by atoms with E-state index in [0.717, 1.165) is 53.8 Å². The summed E-state index contributed by atoms with van der Waals surface area (Å²) in [4.78, 5) is 40.7. The van der Waals surface area contributed by atoms with E-state index in [1.165, 1.54) is 0 Å². The zero-order valence-corrected chi connectivity index (χ0v) is 22.2. The largest absolute Gasteiger partial charge is 0.483 e. The van der Waals surface area contributed by atoms with Crippen molar-refractivity contribution < 1.29 is 19.1 Å². The second-order valence-electron chi connectivity index (χ2n) is 9.27. The predicted octanol–water partition coefficient (Wildman–Crippen LogP) is 6.16. The van der Waals surface area contributed by atoms with Crippen LogP contribution in [0.3, 0.4) is 0 Å². The summed E-state index contributed by atoms with van der Waals surface area (Å²) in [6.45, 7) is -0.195. The lowest BCUT2D eigenvalue weighted by Gasteiger charge is -2.42. The van der Waals surface area contributed by atoms with Crippen molar-refractivity contribution in [2.75, 3.05) is 19.0 Å². The van der Waals surface area contributed by atoms with Crippen LogP contribution in [0.15, 0.2) is 69.5 Å². The zero-order chi connectivity index (χ0) is 25.4. The fourth-order valence-electron chi connectivity index (χ4n) is 5.39. The first kappa shape index (κ1) is 24.8. The summed E-state index contributed by atoms with van der Waals surface area (Å²) >= 11 is 9.68. The topological polar surface area (TPSA) is 75.7 Å². The Labute approximate surface area is 223 Å². The maximum absolute atomic E-state index is 13.1. The number of ketones is 2. The molecule has 5 rings (SSSR count). The van der Waals surface area contributed by atoms with Gasteiger partial charge in [-0.05, 0) is 71.4 Å². The number of hydrogen-bond donors (Lipinski definition) is 1. The summed E-state index contributed by atoms with van der Waals surface area (Å²) in [5.74, 6) is 0.0195. The highest BCUT2D eigenvalue weighted by atomic mass is 79.9. The summed E-state index contributed by atoms with van der Waals surface area (Å²) in [6, 6.07) is 12.6. The standard InChI is InChI=1S/C28H26BrClN2O4/c1-32-20-8-4-10-22(33)27(20)26(28-21(32)9-5-11-23(28)34)16-12-13-24(17(29)14-16)36-15-25(35)31-19-7-3-2-6-18(19)30/h2-3,6-7,12-14,26H,4-5,8-11,15H2,1H3,(H,31,35). The number of amides is 1. The molecule has 0 bridgehead atoms. The van der Waals surface area contributed by atoms with Gasteiger partial charge >= 0.3 is 0 Å². The minimum absolute atomic E-state index is 0.116. The molecule has 186 valence electrons. The fraction of sp³-hybridized carbons (Fsp3) is 0.321. The highest BCUT2D eigenvalue weighted by molar-refractivity contribution is 9.10. The molecule has 36 heavy (non-hydrogen) atoms. The van der Waals surface area contributed by atoms with Gasteiger partial charge in [0.2, 0.25) is 0 Å². The normalized spacial score (nSPS) is 18.2. The van der Waals surface area contributed by atoms with Gasteiger partial charge in [0.25, 0.3) is 5.91 Å². The van der Waals surface area contributed by atoms with Gasteiger partial charge < -0.3 is 15.0 Å². The second-order valence-corrected chi connectivity index (χ2v) is 10.5. The Morgan fingerprint density at radius 1 is 1.03 bits per heavy atom. The summed E-state index contributed by atoms with van der Waals surface area (Å²) in [6.07, 6.45) is 4.34. The molecule has 2 aromatic carbocycles. The number of ether oxygens (including phenoxy) is 1. The van der Waals surface area contributed by atoms with E-state index in [9.17, 15) is 14.4 Å². The van der Waals surface area contributed by atoms with Crippen LogP contribution in [0, 0.1) is 0 Å². The average Bonchev–Trinajstić information content (AvgIpc) is 2.86. The number of benzene rings is 2. The number of nitrogens with one attached hydrogen (secondary N) is 1. The van der Waals surface area contributed by atoms with Gasteiger partial charge in [-0.3, -0.25) is 14.4 Å². The van der Waals surface area contributed by atoms with E-state index >= 15 is 0 Å². The number of Topliss-reactive ketones (excluding diaryl/α,β-unsaturated/α-hetero) is 2. The third-order valence-electron chi connectivity index (χ3n) is 7.04. The molecule has 6 nitrogen and oxygen atoms in total. The number of halogens is 2. The van der Waals surface area contributed by atoms with E-state index in [2.05, 4.69) is 26.1 Å². The Kier molecular flexibility index (Phi) is 7.04. The van der Waals surface area contributed by atoms with Gasteiger partial charge in [0.05, 0.1) is 15.2 Å². The molecule has 0 atom stereocenters. The van der Waals surface area contributed by atoms with E-state index in [1.807, 2.05) is 19.2 Å². The number of hydrogen-bond acceptors (Lipinski definition) is 5. The summed E-state index contributed by atoms with van der Waals surface area (Å²) < 4.78 is 6.41. The van der Waals surface area contributed by atoms with Crippen LogP contribution in [0.1, 0.15) is 50.0 Å². The molecule has 1 heterocycles. The number of anilines is 1. The predicted molar refractivity (Wildman–Crippen MR) is 142 cm³/mol. The van der Waals surface area contributed by atoms with Crippen LogP contribution >= 0.6 is 27.5 Å². The van der Waals surface area contributed by atoms with Crippen molar-refractivity contribution in [2.45, 2.75) is 44.4 Å². The van der Waals surface area contributed by atoms with Crippen molar-refractivity contribution in [3.05, 3.63) is 80.1 Å². The van der Waals surface area contributed by atoms with Crippen molar-refractivity contribution in [1.82, 2.24) is 4.90 Å². The highest BCUT2D eigenvalue weighted by Crippen LogP contribution is 2.49. The van der Waals surface area contributed by atoms with E-state index in [-0.39, 0.29) is 30.0 Å². The quantitative estimate of drug-likeness (QED) is 0.467. The van der Waals surface area contributed by atoms with Crippen molar-refractivity contribution in [3.8, 4) is 5.75 Å². The van der Waals surface area contributed by atoms with Crippen molar-refractivity contribution in [2.24, 2.45) is 0 Å². The molecule has 1 aliphatic heterocycles. The minimum Gasteiger partial charge on any atom is -0.483 e. The molecule has 2 aromatic rings.